The van der Waals surface area contributed by atoms with Gasteiger partial charge in [0.15, 0.2) is 11.5 Å². The number of ether oxygens (including phenoxy) is 2. The van der Waals surface area contributed by atoms with Gasteiger partial charge in [-0.1, -0.05) is 37.2 Å². The number of nitrogens with zero attached hydrogens (tertiary/aromatic N) is 2. The van der Waals surface area contributed by atoms with Crippen molar-refractivity contribution in [2.45, 2.75) is 26.3 Å². The minimum absolute atomic E-state index is 0.0725. The van der Waals surface area contributed by atoms with E-state index in [-0.39, 0.29) is 18.6 Å². The van der Waals surface area contributed by atoms with Crippen LogP contribution in [0.1, 0.15) is 41.6 Å². The Morgan fingerprint density at radius 3 is 2.64 bits per heavy atom. The lowest BCUT2D eigenvalue weighted by atomic mass is 10.0. The molecule has 4 rings (SSSR count). The van der Waals surface area contributed by atoms with Crippen molar-refractivity contribution in [2.75, 3.05) is 13.8 Å². The Balaban J connectivity index is 1.52. The summed E-state index contributed by atoms with van der Waals surface area (Å²) >= 11 is 0. The zero-order valence-electron chi connectivity index (χ0n) is 16.1. The minimum Gasteiger partial charge on any atom is -0.454 e. The standard InChI is InChI=1S/C22H22N2O4/c1-14(2)20-11-18(23-28-20)12-24(3)22(25)17-6-4-5-15(9-17)16-7-8-19-21(10-16)27-13-26-19/h4-11,14H,12-13H2,1-3H3. The van der Waals surface area contributed by atoms with Gasteiger partial charge in [0.2, 0.25) is 6.79 Å². The highest BCUT2D eigenvalue weighted by atomic mass is 16.7. The third-order valence-electron chi connectivity index (χ3n) is 4.71. The Hall–Kier alpha value is -3.28. The fraction of sp³-hybridized carbons (Fsp3) is 0.273. The van der Waals surface area contributed by atoms with E-state index in [1.807, 2.05) is 62.4 Å². The van der Waals surface area contributed by atoms with E-state index in [9.17, 15) is 4.79 Å². The summed E-state index contributed by atoms with van der Waals surface area (Å²) < 4.78 is 16.1. The van der Waals surface area contributed by atoms with Crippen LogP contribution in [-0.2, 0) is 6.54 Å². The topological polar surface area (TPSA) is 64.8 Å². The van der Waals surface area contributed by atoms with Gasteiger partial charge in [-0.2, -0.15) is 0 Å². The number of fused-ring (bicyclic) bond motifs is 1. The van der Waals surface area contributed by atoms with Crippen LogP contribution in [0.25, 0.3) is 11.1 Å². The summed E-state index contributed by atoms with van der Waals surface area (Å²) in [4.78, 5) is 14.5. The number of hydrogen-bond donors (Lipinski definition) is 0. The molecule has 0 radical (unpaired) electrons. The fourth-order valence-corrected chi connectivity index (χ4v) is 3.12. The van der Waals surface area contributed by atoms with Gasteiger partial charge in [0.1, 0.15) is 11.5 Å². The van der Waals surface area contributed by atoms with E-state index in [0.717, 1.165) is 34.1 Å². The van der Waals surface area contributed by atoms with E-state index < -0.39 is 0 Å². The smallest absolute Gasteiger partial charge is 0.253 e. The van der Waals surface area contributed by atoms with Crippen LogP contribution < -0.4 is 9.47 Å². The van der Waals surface area contributed by atoms with E-state index in [4.69, 9.17) is 14.0 Å². The van der Waals surface area contributed by atoms with Crippen LogP contribution in [0.2, 0.25) is 0 Å². The van der Waals surface area contributed by atoms with Gasteiger partial charge in [0.05, 0.1) is 6.54 Å². The normalized spacial score (nSPS) is 12.4. The van der Waals surface area contributed by atoms with E-state index in [2.05, 4.69) is 5.16 Å². The average molecular weight is 378 g/mol. The molecule has 1 aliphatic rings. The molecule has 6 heteroatoms. The van der Waals surface area contributed by atoms with Crippen molar-refractivity contribution in [2.24, 2.45) is 0 Å². The predicted molar refractivity (Wildman–Crippen MR) is 104 cm³/mol. The second kappa shape index (κ2) is 7.38. The van der Waals surface area contributed by atoms with E-state index in [0.29, 0.717) is 12.1 Å². The monoisotopic (exact) mass is 378 g/mol. The summed E-state index contributed by atoms with van der Waals surface area (Å²) in [6.07, 6.45) is 0. The van der Waals surface area contributed by atoms with Crippen molar-refractivity contribution >= 4 is 5.91 Å². The van der Waals surface area contributed by atoms with Gasteiger partial charge >= 0.3 is 0 Å². The van der Waals surface area contributed by atoms with Crippen molar-refractivity contribution in [3.63, 3.8) is 0 Å². The molecule has 3 aromatic rings. The molecule has 28 heavy (non-hydrogen) atoms. The first-order valence-electron chi connectivity index (χ1n) is 9.22. The first-order chi connectivity index (χ1) is 13.5. The van der Waals surface area contributed by atoms with Crippen LogP contribution in [0.15, 0.2) is 53.1 Å². The van der Waals surface area contributed by atoms with Crippen LogP contribution in [0.4, 0.5) is 0 Å². The zero-order valence-corrected chi connectivity index (χ0v) is 16.1. The van der Waals surface area contributed by atoms with Crippen LogP contribution in [0.3, 0.4) is 0 Å². The molecule has 6 nitrogen and oxygen atoms in total. The highest BCUT2D eigenvalue weighted by Crippen LogP contribution is 2.36. The highest BCUT2D eigenvalue weighted by molar-refractivity contribution is 5.95. The van der Waals surface area contributed by atoms with Gasteiger partial charge in [0, 0.05) is 24.6 Å². The van der Waals surface area contributed by atoms with Crippen LogP contribution in [0, 0.1) is 0 Å². The lowest BCUT2D eigenvalue weighted by molar-refractivity contribution is 0.0782. The zero-order chi connectivity index (χ0) is 19.7. The lowest BCUT2D eigenvalue weighted by Gasteiger charge is -2.16. The molecule has 0 atom stereocenters. The van der Waals surface area contributed by atoms with Gasteiger partial charge in [-0.05, 0) is 35.4 Å². The molecular formula is C22H22N2O4. The molecule has 2 aromatic carbocycles. The Morgan fingerprint density at radius 2 is 1.86 bits per heavy atom. The average Bonchev–Trinajstić information content (AvgIpc) is 3.36. The summed E-state index contributed by atoms with van der Waals surface area (Å²) in [6.45, 7) is 4.72. The van der Waals surface area contributed by atoms with E-state index in [1.54, 1.807) is 11.9 Å². The molecule has 0 bridgehead atoms. The molecule has 2 heterocycles. The van der Waals surface area contributed by atoms with Crippen molar-refractivity contribution in [3.8, 4) is 22.6 Å². The molecule has 0 unspecified atom stereocenters. The van der Waals surface area contributed by atoms with Gasteiger partial charge < -0.3 is 18.9 Å². The maximum atomic E-state index is 12.9. The largest absolute Gasteiger partial charge is 0.454 e. The predicted octanol–water partition coefficient (Wildman–Crippen LogP) is 4.47. The summed E-state index contributed by atoms with van der Waals surface area (Å²) in [5.41, 5.74) is 3.28. The second-order valence-electron chi connectivity index (χ2n) is 7.19. The number of aromatic nitrogens is 1. The maximum Gasteiger partial charge on any atom is 0.253 e. The van der Waals surface area contributed by atoms with Gasteiger partial charge in [0.25, 0.3) is 5.91 Å². The number of benzene rings is 2. The quantitative estimate of drug-likeness (QED) is 0.656. The Kier molecular flexibility index (Phi) is 4.77. The molecular weight excluding hydrogens is 356 g/mol. The fourth-order valence-electron chi connectivity index (χ4n) is 3.12. The van der Waals surface area contributed by atoms with Crippen molar-refractivity contribution in [1.82, 2.24) is 10.1 Å². The third-order valence-corrected chi connectivity index (χ3v) is 4.71. The van der Waals surface area contributed by atoms with Crippen LogP contribution in [-0.4, -0.2) is 29.8 Å². The molecule has 1 aliphatic heterocycles. The summed E-state index contributed by atoms with van der Waals surface area (Å²) in [5.74, 6) is 2.47. The van der Waals surface area contributed by atoms with Gasteiger partial charge in [-0.15, -0.1) is 0 Å². The molecule has 0 N–H and O–H groups in total. The third kappa shape index (κ3) is 3.58. The van der Waals surface area contributed by atoms with Gasteiger partial charge in [-0.25, -0.2) is 0 Å². The summed E-state index contributed by atoms with van der Waals surface area (Å²) in [6, 6.07) is 15.2. The lowest BCUT2D eigenvalue weighted by Crippen LogP contribution is -2.26. The highest BCUT2D eigenvalue weighted by Gasteiger charge is 2.17. The molecule has 0 saturated carbocycles. The second-order valence-corrected chi connectivity index (χ2v) is 7.19. The minimum atomic E-state index is -0.0725. The van der Waals surface area contributed by atoms with Crippen molar-refractivity contribution < 1.29 is 18.8 Å². The van der Waals surface area contributed by atoms with E-state index >= 15 is 0 Å². The number of amides is 1. The van der Waals surface area contributed by atoms with Crippen molar-refractivity contribution in [3.05, 3.63) is 65.5 Å². The summed E-state index contributed by atoms with van der Waals surface area (Å²) in [5, 5.41) is 4.06. The SMILES string of the molecule is CC(C)c1cc(CN(C)C(=O)c2cccc(-c3ccc4c(c3)OCO4)c2)no1. The number of carbonyl (C=O) groups excluding carboxylic acids is 1. The van der Waals surface area contributed by atoms with Gasteiger partial charge in [-0.3, -0.25) is 4.79 Å². The Morgan fingerprint density at radius 1 is 1.07 bits per heavy atom. The first-order valence-corrected chi connectivity index (χ1v) is 9.22. The molecule has 0 spiro atoms. The number of rotatable bonds is 5. The Labute approximate surface area is 163 Å². The number of carbonyl (C=O) groups is 1. The molecule has 1 amide bonds. The van der Waals surface area contributed by atoms with Crippen LogP contribution in [0.5, 0.6) is 11.5 Å². The van der Waals surface area contributed by atoms with Crippen molar-refractivity contribution in [1.29, 1.82) is 0 Å². The number of hydrogen-bond acceptors (Lipinski definition) is 5. The maximum absolute atomic E-state index is 12.9. The molecule has 1 aromatic heterocycles. The summed E-state index contributed by atoms with van der Waals surface area (Å²) in [7, 11) is 1.76. The van der Waals surface area contributed by atoms with E-state index in [1.165, 1.54) is 0 Å². The molecule has 0 fully saturated rings. The molecule has 0 aliphatic carbocycles. The Bertz CT molecular complexity index is 1010. The molecule has 0 saturated heterocycles. The van der Waals surface area contributed by atoms with Crippen LogP contribution >= 0.6 is 0 Å². The first kappa shape index (κ1) is 18.1. The molecule has 144 valence electrons.